The highest BCUT2D eigenvalue weighted by Gasteiger charge is 2.25. The van der Waals surface area contributed by atoms with E-state index in [0.717, 1.165) is 26.1 Å². The van der Waals surface area contributed by atoms with E-state index in [-0.39, 0.29) is 5.91 Å². The molecular formula is C14H27N3O3. The first kappa shape index (κ1) is 16.9. The Kier molecular flexibility index (Phi) is 6.95. The molecule has 0 radical (unpaired) electrons. The fourth-order valence-corrected chi connectivity index (χ4v) is 2.22. The van der Waals surface area contributed by atoms with Gasteiger partial charge in [0.25, 0.3) is 0 Å². The Labute approximate surface area is 121 Å². The number of carboxylic acid groups (broad SMARTS) is 1. The number of carboxylic acids is 1. The highest BCUT2D eigenvalue weighted by Crippen LogP contribution is 2.06. The molecule has 1 aliphatic rings. The molecule has 1 atom stereocenters. The maximum Gasteiger partial charge on any atom is 0.320 e. The molecule has 0 aromatic carbocycles. The van der Waals surface area contributed by atoms with Crippen molar-refractivity contribution in [2.75, 3.05) is 39.3 Å². The zero-order valence-corrected chi connectivity index (χ0v) is 12.8. The van der Waals surface area contributed by atoms with Crippen LogP contribution >= 0.6 is 0 Å². The first-order valence-electron chi connectivity index (χ1n) is 7.36. The van der Waals surface area contributed by atoms with E-state index in [0.29, 0.717) is 25.6 Å². The Bertz CT molecular complexity index is 326. The third-order valence-electron chi connectivity index (χ3n) is 3.72. The third kappa shape index (κ3) is 5.88. The average Bonchev–Trinajstić information content (AvgIpc) is 2.38. The summed E-state index contributed by atoms with van der Waals surface area (Å²) in [7, 11) is 0. The number of rotatable bonds is 7. The topological polar surface area (TPSA) is 72.9 Å². The van der Waals surface area contributed by atoms with E-state index in [1.807, 2.05) is 4.90 Å². The number of nitrogens with one attached hydrogen (secondary N) is 1. The summed E-state index contributed by atoms with van der Waals surface area (Å²) in [5.41, 5.74) is 0. The molecule has 1 aliphatic heterocycles. The minimum absolute atomic E-state index is 0.0605. The molecule has 0 saturated carbocycles. The molecule has 1 heterocycles. The third-order valence-corrected chi connectivity index (χ3v) is 3.72. The van der Waals surface area contributed by atoms with Gasteiger partial charge < -0.3 is 10.4 Å². The molecule has 0 spiro atoms. The van der Waals surface area contributed by atoms with Gasteiger partial charge in [0.15, 0.2) is 0 Å². The minimum Gasteiger partial charge on any atom is -0.480 e. The number of hydrogen-bond donors (Lipinski definition) is 2. The van der Waals surface area contributed by atoms with Crippen LogP contribution in [0.15, 0.2) is 0 Å². The largest absolute Gasteiger partial charge is 0.480 e. The number of piperazine rings is 1. The van der Waals surface area contributed by atoms with Crippen molar-refractivity contribution in [3.8, 4) is 0 Å². The summed E-state index contributed by atoms with van der Waals surface area (Å²) in [4.78, 5) is 26.7. The fraction of sp³-hybridized carbons (Fsp3) is 0.857. The second-order valence-electron chi connectivity index (χ2n) is 5.86. The van der Waals surface area contributed by atoms with Crippen LogP contribution in [0.2, 0.25) is 0 Å². The van der Waals surface area contributed by atoms with Crippen LogP contribution in [0.5, 0.6) is 0 Å². The quantitative estimate of drug-likeness (QED) is 0.701. The summed E-state index contributed by atoms with van der Waals surface area (Å²) in [6.45, 7) is 10.0. The van der Waals surface area contributed by atoms with Crippen LogP contribution in [0.25, 0.3) is 0 Å². The predicted octanol–water partition coefficient (Wildman–Crippen LogP) is 0.239. The Morgan fingerprint density at radius 1 is 1.15 bits per heavy atom. The molecule has 0 aromatic rings. The summed E-state index contributed by atoms with van der Waals surface area (Å²) in [5.74, 6) is -0.133. The molecule has 20 heavy (non-hydrogen) atoms. The average molecular weight is 285 g/mol. The van der Waals surface area contributed by atoms with Gasteiger partial charge >= 0.3 is 5.97 Å². The SMILES string of the molecule is CC(C)CCNC(=O)CN1CCN(C(C)C(=O)O)CC1. The van der Waals surface area contributed by atoms with Crippen molar-refractivity contribution in [3.05, 3.63) is 0 Å². The van der Waals surface area contributed by atoms with Crippen LogP contribution in [-0.4, -0.2) is 72.1 Å². The molecule has 1 rings (SSSR count). The standard InChI is InChI=1S/C14H27N3O3/c1-11(2)4-5-15-13(18)10-16-6-8-17(9-7-16)12(3)14(19)20/h11-12H,4-10H2,1-3H3,(H,15,18)(H,19,20). The van der Waals surface area contributed by atoms with Gasteiger partial charge in [0.1, 0.15) is 6.04 Å². The molecule has 116 valence electrons. The van der Waals surface area contributed by atoms with E-state index in [1.165, 1.54) is 0 Å². The monoisotopic (exact) mass is 285 g/mol. The number of amides is 1. The van der Waals surface area contributed by atoms with Gasteiger partial charge in [-0.25, -0.2) is 0 Å². The van der Waals surface area contributed by atoms with E-state index >= 15 is 0 Å². The van der Waals surface area contributed by atoms with Crippen LogP contribution in [0, 0.1) is 5.92 Å². The first-order valence-corrected chi connectivity index (χ1v) is 7.36. The second kappa shape index (κ2) is 8.21. The Morgan fingerprint density at radius 2 is 1.75 bits per heavy atom. The van der Waals surface area contributed by atoms with E-state index in [1.54, 1.807) is 6.92 Å². The van der Waals surface area contributed by atoms with E-state index < -0.39 is 12.0 Å². The highest BCUT2D eigenvalue weighted by atomic mass is 16.4. The van der Waals surface area contributed by atoms with Gasteiger partial charge in [-0.1, -0.05) is 13.8 Å². The molecular weight excluding hydrogens is 258 g/mol. The summed E-state index contributed by atoms with van der Waals surface area (Å²) < 4.78 is 0. The molecule has 6 heteroatoms. The molecule has 1 fully saturated rings. The number of nitrogens with zero attached hydrogens (tertiary/aromatic N) is 2. The smallest absolute Gasteiger partial charge is 0.320 e. The molecule has 2 N–H and O–H groups in total. The number of aliphatic carboxylic acids is 1. The van der Waals surface area contributed by atoms with E-state index in [4.69, 9.17) is 5.11 Å². The van der Waals surface area contributed by atoms with Gasteiger partial charge in [0, 0.05) is 32.7 Å². The van der Waals surface area contributed by atoms with Gasteiger partial charge in [-0.3, -0.25) is 19.4 Å². The lowest BCUT2D eigenvalue weighted by Gasteiger charge is -2.36. The van der Waals surface area contributed by atoms with Crippen molar-refractivity contribution in [1.82, 2.24) is 15.1 Å². The van der Waals surface area contributed by atoms with Crippen molar-refractivity contribution in [2.24, 2.45) is 5.92 Å². The van der Waals surface area contributed by atoms with Crippen molar-refractivity contribution in [1.29, 1.82) is 0 Å². The zero-order chi connectivity index (χ0) is 15.1. The lowest BCUT2D eigenvalue weighted by atomic mass is 10.1. The normalized spacial score (nSPS) is 19.0. The number of carbonyl (C=O) groups is 2. The Balaban J connectivity index is 2.22. The Morgan fingerprint density at radius 3 is 2.25 bits per heavy atom. The molecule has 0 aliphatic carbocycles. The maximum atomic E-state index is 11.8. The van der Waals surface area contributed by atoms with Gasteiger partial charge in [-0.2, -0.15) is 0 Å². The van der Waals surface area contributed by atoms with Crippen LogP contribution in [0.4, 0.5) is 0 Å². The lowest BCUT2D eigenvalue weighted by molar-refractivity contribution is -0.143. The van der Waals surface area contributed by atoms with Gasteiger partial charge in [-0.05, 0) is 19.3 Å². The summed E-state index contributed by atoms with van der Waals surface area (Å²) >= 11 is 0. The summed E-state index contributed by atoms with van der Waals surface area (Å²) in [5, 5.41) is 11.9. The number of hydrogen-bond acceptors (Lipinski definition) is 4. The molecule has 0 bridgehead atoms. The van der Waals surface area contributed by atoms with Gasteiger partial charge in [0.05, 0.1) is 6.54 Å². The number of carbonyl (C=O) groups excluding carboxylic acids is 1. The summed E-state index contributed by atoms with van der Waals surface area (Å²) in [6, 6.07) is -0.447. The van der Waals surface area contributed by atoms with Gasteiger partial charge in [-0.15, -0.1) is 0 Å². The maximum absolute atomic E-state index is 11.8. The molecule has 1 unspecified atom stereocenters. The van der Waals surface area contributed by atoms with Crippen LogP contribution < -0.4 is 5.32 Å². The lowest BCUT2D eigenvalue weighted by Crippen LogP contribution is -2.53. The van der Waals surface area contributed by atoms with Crippen LogP contribution in [-0.2, 0) is 9.59 Å². The fourth-order valence-electron chi connectivity index (χ4n) is 2.22. The second-order valence-corrected chi connectivity index (χ2v) is 5.86. The first-order chi connectivity index (χ1) is 9.40. The van der Waals surface area contributed by atoms with Crippen molar-refractivity contribution >= 4 is 11.9 Å². The zero-order valence-electron chi connectivity index (χ0n) is 12.8. The van der Waals surface area contributed by atoms with Crippen molar-refractivity contribution in [3.63, 3.8) is 0 Å². The molecule has 1 saturated heterocycles. The molecule has 0 aromatic heterocycles. The van der Waals surface area contributed by atoms with E-state index in [2.05, 4.69) is 24.1 Å². The Hall–Kier alpha value is -1.14. The van der Waals surface area contributed by atoms with Crippen LogP contribution in [0.1, 0.15) is 27.2 Å². The highest BCUT2D eigenvalue weighted by molar-refractivity contribution is 5.78. The van der Waals surface area contributed by atoms with Crippen molar-refractivity contribution in [2.45, 2.75) is 33.2 Å². The molecule has 1 amide bonds. The predicted molar refractivity (Wildman–Crippen MR) is 77.6 cm³/mol. The minimum atomic E-state index is -0.787. The molecule has 6 nitrogen and oxygen atoms in total. The van der Waals surface area contributed by atoms with Crippen molar-refractivity contribution < 1.29 is 14.7 Å². The summed E-state index contributed by atoms with van der Waals surface area (Å²) in [6.07, 6.45) is 0.996. The van der Waals surface area contributed by atoms with Gasteiger partial charge in [0.2, 0.25) is 5.91 Å². The van der Waals surface area contributed by atoms with Crippen LogP contribution in [0.3, 0.4) is 0 Å². The van der Waals surface area contributed by atoms with E-state index in [9.17, 15) is 9.59 Å².